The number of rotatable bonds is 7. The topological polar surface area (TPSA) is 27.7 Å². The fourth-order valence-corrected chi connectivity index (χ4v) is 1.55. The lowest BCUT2D eigenvalue weighted by Crippen LogP contribution is -2.10. The smallest absolute Gasteiger partial charge is 0.139 e. The van der Waals surface area contributed by atoms with E-state index in [2.05, 4.69) is 15.9 Å². The van der Waals surface area contributed by atoms with Gasteiger partial charge in [0.2, 0.25) is 0 Å². The SMILES string of the molecule is COCCOCCOc1cc(Br)ccc1Cl. The lowest BCUT2D eigenvalue weighted by atomic mass is 10.3. The van der Waals surface area contributed by atoms with Crippen molar-refractivity contribution in [2.24, 2.45) is 0 Å². The van der Waals surface area contributed by atoms with Crippen LogP contribution in [0.3, 0.4) is 0 Å². The summed E-state index contributed by atoms with van der Waals surface area (Å²) in [6.07, 6.45) is 0. The number of hydrogen-bond acceptors (Lipinski definition) is 3. The maximum absolute atomic E-state index is 5.95. The van der Waals surface area contributed by atoms with Gasteiger partial charge in [-0.2, -0.15) is 0 Å². The third-order valence-corrected chi connectivity index (χ3v) is 2.62. The predicted molar refractivity (Wildman–Crippen MR) is 67.3 cm³/mol. The summed E-state index contributed by atoms with van der Waals surface area (Å²) in [4.78, 5) is 0. The van der Waals surface area contributed by atoms with E-state index < -0.39 is 0 Å². The molecular weight excluding hydrogens is 295 g/mol. The quantitative estimate of drug-likeness (QED) is 0.724. The van der Waals surface area contributed by atoms with Crippen LogP contribution in [0.15, 0.2) is 22.7 Å². The number of benzene rings is 1. The summed E-state index contributed by atoms with van der Waals surface area (Å²) in [5.74, 6) is 0.659. The van der Waals surface area contributed by atoms with E-state index in [1.807, 2.05) is 12.1 Å². The second-order valence-corrected chi connectivity index (χ2v) is 4.35. The third-order valence-electron chi connectivity index (χ3n) is 1.81. The van der Waals surface area contributed by atoms with E-state index in [-0.39, 0.29) is 0 Å². The molecule has 3 nitrogen and oxygen atoms in total. The summed E-state index contributed by atoms with van der Waals surface area (Å²) in [6, 6.07) is 5.48. The molecule has 90 valence electrons. The van der Waals surface area contributed by atoms with Crippen LogP contribution in [-0.4, -0.2) is 33.5 Å². The number of hydrogen-bond donors (Lipinski definition) is 0. The molecule has 0 heterocycles. The Balaban J connectivity index is 2.23. The van der Waals surface area contributed by atoms with Crippen molar-refractivity contribution in [2.45, 2.75) is 0 Å². The van der Waals surface area contributed by atoms with Gasteiger partial charge in [-0.05, 0) is 18.2 Å². The molecule has 16 heavy (non-hydrogen) atoms. The van der Waals surface area contributed by atoms with Crippen LogP contribution < -0.4 is 4.74 Å². The van der Waals surface area contributed by atoms with Crippen LogP contribution in [0, 0.1) is 0 Å². The zero-order valence-corrected chi connectivity index (χ0v) is 11.4. The Morgan fingerprint density at radius 2 is 1.94 bits per heavy atom. The Bertz CT molecular complexity index is 320. The number of ether oxygens (including phenoxy) is 3. The van der Waals surface area contributed by atoms with Gasteiger partial charge in [-0.15, -0.1) is 0 Å². The molecule has 0 saturated carbocycles. The largest absolute Gasteiger partial charge is 0.490 e. The molecule has 0 aliphatic carbocycles. The minimum absolute atomic E-state index is 0.472. The van der Waals surface area contributed by atoms with E-state index in [9.17, 15) is 0 Å². The molecule has 0 bridgehead atoms. The highest BCUT2D eigenvalue weighted by Crippen LogP contribution is 2.27. The van der Waals surface area contributed by atoms with Gasteiger partial charge in [-0.25, -0.2) is 0 Å². The average molecular weight is 310 g/mol. The lowest BCUT2D eigenvalue weighted by molar-refractivity contribution is 0.0544. The minimum atomic E-state index is 0.472. The Morgan fingerprint density at radius 1 is 1.19 bits per heavy atom. The molecule has 0 fully saturated rings. The predicted octanol–water partition coefficient (Wildman–Crippen LogP) is 3.14. The van der Waals surface area contributed by atoms with E-state index in [4.69, 9.17) is 25.8 Å². The highest BCUT2D eigenvalue weighted by atomic mass is 79.9. The monoisotopic (exact) mass is 308 g/mol. The van der Waals surface area contributed by atoms with E-state index in [0.29, 0.717) is 37.2 Å². The maximum atomic E-state index is 5.95. The zero-order valence-electron chi connectivity index (χ0n) is 9.04. The summed E-state index contributed by atoms with van der Waals surface area (Å²) in [7, 11) is 1.64. The molecule has 0 radical (unpaired) electrons. The maximum Gasteiger partial charge on any atom is 0.139 e. The van der Waals surface area contributed by atoms with Crippen molar-refractivity contribution in [3.63, 3.8) is 0 Å². The van der Waals surface area contributed by atoms with Crippen molar-refractivity contribution < 1.29 is 14.2 Å². The summed E-state index contributed by atoms with van der Waals surface area (Å²) in [6.45, 7) is 2.16. The van der Waals surface area contributed by atoms with Gasteiger partial charge >= 0.3 is 0 Å². The molecule has 0 N–H and O–H groups in total. The van der Waals surface area contributed by atoms with Crippen molar-refractivity contribution >= 4 is 27.5 Å². The van der Waals surface area contributed by atoms with Gasteiger partial charge in [-0.1, -0.05) is 27.5 Å². The summed E-state index contributed by atoms with van der Waals surface area (Å²) >= 11 is 9.31. The van der Waals surface area contributed by atoms with Gasteiger partial charge in [0.25, 0.3) is 0 Å². The van der Waals surface area contributed by atoms with Crippen LogP contribution in [-0.2, 0) is 9.47 Å². The second kappa shape index (κ2) is 7.90. The molecule has 1 rings (SSSR count). The summed E-state index contributed by atoms with van der Waals surface area (Å²) < 4.78 is 16.5. The van der Waals surface area contributed by atoms with Crippen molar-refractivity contribution in [1.82, 2.24) is 0 Å². The average Bonchev–Trinajstić information content (AvgIpc) is 2.28. The van der Waals surface area contributed by atoms with Crippen molar-refractivity contribution in [2.75, 3.05) is 33.5 Å². The molecule has 0 aromatic heterocycles. The van der Waals surface area contributed by atoms with Gasteiger partial charge in [0.15, 0.2) is 0 Å². The van der Waals surface area contributed by atoms with Crippen molar-refractivity contribution in [3.8, 4) is 5.75 Å². The van der Waals surface area contributed by atoms with E-state index in [1.165, 1.54) is 0 Å². The standard InChI is InChI=1S/C11H14BrClO3/c1-14-4-5-15-6-7-16-11-8-9(12)2-3-10(11)13/h2-3,8H,4-7H2,1H3. The molecular formula is C11H14BrClO3. The van der Waals surface area contributed by atoms with Gasteiger partial charge in [0.05, 0.1) is 24.8 Å². The first-order valence-electron chi connectivity index (χ1n) is 4.88. The molecule has 0 saturated heterocycles. The number of halogens is 2. The number of methoxy groups -OCH3 is 1. The van der Waals surface area contributed by atoms with E-state index in [0.717, 1.165) is 4.47 Å². The Morgan fingerprint density at radius 3 is 2.69 bits per heavy atom. The van der Waals surface area contributed by atoms with Crippen LogP contribution in [0.1, 0.15) is 0 Å². The van der Waals surface area contributed by atoms with Crippen molar-refractivity contribution in [1.29, 1.82) is 0 Å². The third kappa shape index (κ3) is 5.16. The van der Waals surface area contributed by atoms with Crippen LogP contribution >= 0.6 is 27.5 Å². The normalized spacial score (nSPS) is 10.4. The highest BCUT2D eigenvalue weighted by molar-refractivity contribution is 9.10. The molecule has 5 heteroatoms. The fraction of sp³-hybridized carbons (Fsp3) is 0.455. The first-order chi connectivity index (χ1) is 7.74. The highest BCUT2D eigenvalue weighted by Gasteiger charge is 2.01. The Kier molecular flexibility index (Phi) is 6.80. The molecule has 0 aliphatic heterocycles. The summed E-state index contributed by atoms with van der Waals surface area (Å²) in [5, 5.41) is 0.597. The molecule has 1 aromatic rings. The molecule has 0 atom stereocenters. The van der Waals surface area contributed by atoms with Gasteiger partial charge in [0.1, 0.15) is 12.4 Å². The van der Waals surface area contributed by atoms with Gasteiger partial charge < -0.3 is 14.2 Å². The molecule has 1 aromatic carbocycles. The molecule has 0 spiro atoms. The van der Waals surface area contributed by atoms with Gasteiger partial charge in [0, 0.05) is 11.6 Å². The van der Waals surface area contributed by atoms with E-state index in [1.54, 1.807) is 13.2 Å². The first-order valence-corrected chi connectivity index (χ1v) is 6.05. The Labute approximate surface area is 109 Å². The molecule has 0 unspecified atom stereocenters. The Hall–Kier alpha value is -0.290. The van der Waals surface area contributed by atoms with Crippen LogP contribution in [0.2, 0.25) is 5.02 Å². The minimum Gasteiger partial charge on any atom is -0.490 e. The summed E-state index contributed by atoms with van der Waals surface area (Å²) in [5.41, 5.74) is 0. The zero-order chi connectivity index (χ0) is 11.8. The fourth-order valence-electron chi connectivity index (χ4n) is 1.04. The van der Waals surface area contributed by atoms with Crippen LogP contribution in [0.25, 0.3) is 0 Å². The molecule has 0 amide bonds. The molecule has 0 aliphatic rings. The van der Waals surface area contributed by atoms with Crippen molar-refractivity contribution in [3.05, 3.63) is 27.7 Å². The second-order valence-electron chi connectivity index (χ2n) is 3.03. The van der Waals surface area contributed by atoms with E-state index >= 15 is 0 Å². The van der Waals surface area contributed by atoms with Crippen LogP contribution in [0.5, 0.6) is 5.75 Å². The van der Waals surface area contributed by atoms with Crippen LogP contribution in [0.4, 0.5) is 0 Å². The lowest BCUT2D eigenvalue weighted by Gasteiger charge is -2.08. The van der Waals surface area contributed by atoms with Gasteiger partial charge in [-0.3, -0.25) is 0 Å². The first kappa shape index (κ1) is 13.8.